The number of nitrogens with one attached hydrogen (secondary N) is 1. The zero-order valence-corrected chi connectivity index (χ0v) is 12.9. The molecule has 0 saturated carbocycles. The van der Waals surface area contributed by atoms with Crippen molar-refractivity contribution in [3.63, 3.8) is 0 Å². The molecular weight excluding hydrogens is 228 g/mol. The van der Waals surface area contributed by atoms with E-state index in [9.17, 15) is 0 Å². The molecular formula is C14H30N2S. The van der Waals surface area contributed by atoms with Crippen molar-refractivity contribution in [1.29, 1.82) is 0 Å². The van der Waals surface area contributed by atoms with E-state index in [1.807, 2.05) is 0 Å². The average Bonchev–Trinajstić information content (AvgIpc) is 2.53. The summed E-state index contributed by atoms with van der Waals surface area (Å²) >= 11 is 2.11. The molecule has 0 aliphatic carbocycles. The van der Waals surface area contributed by atoms with Gasteiger partial charge in [-0.15, -0.1) is 0 Å². The summed E-state index contributed by atoms with van der Waals surface area (Å²) in [6, 6.07) is 0.596. The highest BCUT2D eigenvalue weighted by molar-refractivity contribution is 7.99. The van der Waals surface area contributed by atoms with Crippen LogP contribution >= 0.6 is 11.8 Å². The first-order valence-electron chi connectivity index (χ1n) is 7.09. The van der Waals surface area contributed by atoms with E-state index in [0.29, 0.717) is 11.5 Å². The first kappa shape index (κ1) is 15.3. The molecule has 0 amide bonds. The smallest absolute Gasteiger partial charge is 0.0102 e. The maximum absolute atomic E-state index is 3.65. The van der Waals surface area contributed by atoms with E-state index in [0.717, 1.165) is 6.54 Å². The molecule has 1 aliphatic heterocycles. The Labute approximate surface area is 112 Å². The molecule has 3 heteroatoms. The van der Waals surface area contributed by atoms with Gasteiger partial charge in [0, 0.05) is 24.9 Å². The highest BCUT2D eigenvalue weighted by Gasteiger charge is 2.28. The van der Waals surface area contributed by atoms with Gasteiger partial charge in [-0.2, -0.15) is 11.8 Å². The second kappa shape index (κ2) is 7.65. The zero-order chi connectivity index (χ0) is 12.7. The van der Waals surface area contributed by atoms with Crippen LogP contribution in [-0.2, 0) is 0 Å². The van der Waals surface area contributed by atoms with Crippen molar-refractivity contribution in [2.24, 2.45) is 5.41 Å². The monoisotopic (exact) mass is 258 g/mol. The number of hydrogen-bond acceptors (Lipinski definition) is 3. The number of rotatable bonds is 6. The lowest BCUT2D eigenvalue weighted by Gasteiger charge is -2.37. The van der Waals surface area contributed by atoms with Gasteiger partial charge in [-0.3, -0.25) is 0 Å². The number of nitrogens with zero attached hydrogens (tertiary/aromatic N) is 1. The first-order chi connectivity index (χ1) is 8.06. The second-order valence-electron chi connectivity index (χ2n) is 5.91. The lowest BCUT2D eigenvalue weighted by molar-refractivity contribution is 0.150. The Balaban J connectivity index is 2.39. The van der Waals surface area contributed by atoms with Crippen LogP contribution in [0.1, 0.15) is 40.5 Å². The lowest BCUT2D eigenvalue weighted by atomic mass is 9.84. The molecule has 1 heterocycles. The van der Waals surface area contributed by atoms with Crippen molar-refractivity contribution < 1.29 is 0 Å². The van der Waals surface area contributed by atoms with E-state index in [1.54, 1.807) is 0 Å². The van der Waals surface area contributed by atoms with E-state index in [1.165, 1.54) is 44.0 Å². The van der Waals surface area contributed by atoms with Gasteiger partial charge >= 0.3 is 0 Å². The first-order valence-corrected chi connectivity index (χ1v) is 8.25. The highest BCUT2D eigenvalue weighted by atomic mass is 32.2. The van der Waals surface area contributed by atoms with Crippen molar-refractivity contribution >= 4 is 11.8 Å². The minimum absolute atomic E-state index is 0.365. The van der Waals surface area contributed by atoms with Gasteiger partial charge in [0.15, 0.2) is 0 Å². The Morgan fingerprint density at radius 1 is 1.29 bits per heavy atom. The third-order valence-electron chi connectivity index (χ3n) is 3.82. The molecule has 0 aromatic carbocycles. The predicted octanol–water partition coefficient (Wildman–Crippen LogP) is 2.84. The molecule has 0 spiro atoms. The van der Waals surface area contributed by atoms with Gasteiger partial charge < -0.3 is 10.2 Å². The van der Waals surface area contributed by atoms with Crippen LogP contribution in [0.25, 0.3) is 0 Å². The standard InChI is InChI=1S/C14H30N2S/c1-5-7-15-13(2)14(3,4)12-16-8-6-10-17-11-9-16/h13,15H,5-12H2,1-4H3. The predicted molar refractivity (Wildman–Crippen MR) is 79.9 cm³/mol. The van der Waals surface area contributed by atoms with E-state index in [-0.39, 0.29) is 0 Å². The molecule has 1 fully saturated rings. The molecule has 1 saturated heterocycles. The topological polar surface area (TPSA) is 15.3 Å². The van der Waals surface area contributed by atoms with Crippen LogP contribution in [-0.4, -0.2) is 48.6 Å². The second-order valence-corrected chi connectivity index (χ2v) is 7.13. The molecule has 2 nitrogen and oxygen atoms in total. The molecule has 0 aromatic heterocycles. The molecule has 102 valence electrons. The Bertz CT molecular complexity index is 198. The van der Waals surface area contributed by atoms with E-state index in [2.05, 4.69) is 49.7 Å². The molecule has 1 unspecified atom stereocenters. The fraction of sp³-hybridized carbons (Fsp3) is 1.00. The molecule has 17 heavy (non-hydrogen) atoms. The van der Waals surface area contributed by atoms with Crippen LogP contribution in [0.4, 0.5) is 0 Å². The summed E-state index contributed by atoms with van der Waals surface area (Å²) < 4.78 is 0. The number of thioether (sulfide) groups is 1. The minimum Gasteiger partial charge on any atom is -0.314 e. The van der Waals surface area contributed by atoms with E-state index >= 15 is 0 Å². The van der Waals surface area contributed by atoms with Crippen molar-refractivity contribution in [2.45, 2.75) is 46.6 Å². The van der Waals surface area contributed by atoms with Crippen molar-refractivity contribution in [3.8, 4) is 0 Å². The summed E-state index contributed by atoms with van der Waals surface area (Å²) in [5.41, 5.74) is 0.365. The van der Waals surface area contributed by atoms with Crippen LogP contribution in [0.5, 0.6) is 0 Å². The molecule has 0 aromatic rings. The SMILES string of the molecule is CCCNC(C)C(C)(C)CN1CCCSCC1. The summed E-state index contributed by atoms with van der Waals surface area (Å²) in [6.07, 6.45) is 2.58. The highest BCUT2D eigenvalue weighted by Crippen LogP contribution is 2.23. The Morgan fingerprint density at radius 3 is 2.76 bits per heavy atom. The van der Waals surface area contributed by atoms with Crippen molar-refractivity contribution in [2.75, 3.05) is 37.7 Å². The van der Waals surface area contributed by atoms with Gasteiger partial charge in [0.2, 0.25) is 0 Å². The van der Waals surface area contributed by atoms with Crippen LogP contribution in [0.2, 0.25) is 0 Å². The van der Waals surface area contributed by atoms with Crippen LogP contribution in [0.3, 0.4) is 0 Å². The molecule has 1 aliphatic rings. The van der Waals surface area contributed by atoms with Gasteiger partial charge in [0.1, 0.15) is 0 Å². The van der Waals surface area contributed by atoms with E-state index in [4.69, 9.17) is 0 Å². The quantitative estimate of drug-likeness (QED) is 0.789. The lowest BCUT2D eigenvalue weighted by Crippen LogP contribution is -2.47. The van der Waals surface area contributed by atoms with Crippen LogP contribution < -0.4 is 5.32 Å². The molecule has 1 rings (SSSR count). The zero-order valence-electron chi connectivity index (χ0n) is 12.1. The molecule has 0 bridgehead atoms. The fourth-order valence-electron chi connectivity index (χ4n) is 2.31. The summed E-state index contributed by atoms with van der Waals surface area (Å²) in [4.78, 5) is 2.66. The van der Waals surface area contributed by atoms with Crippen molar-refractivity contribution in [3.05, 3.63) is 0 Å². The maximum atomic E-state index is 3.65. The van der Waals surface area contributed by atoms with Gasteiger partial charge in [-0.1, -0.05) is 20.8 Å². The maximum Gasteiger partial charge on any atom is 0.0102 e. The van der Waals surface area contributed by atoms with Crippen LogP contribution in [0, 0.1) is 5.41 Å². The Kier molecular flexibility index (Phi) is 6.90. The minimum atomic E-state index is 0.365. The Morgan fingerprint density at radius 2 is 2.06 bits per heavy atom. The molecule has 1 N–H and O–H groups in total. The van der Waals surface area contributed by atoms with Gasteiger partial charge in [0.25, 0.3) is 0 Å². The van der Waals surface area contributed by atoms with Gasteiger partial charge in [-0.05, 0) is 44.0 Å². The van der Waals surface area contributed by atoms with Gasteiger partial charge in [0.05, 0.1) is 0 Å². The average molecular weight is 258 g/mol. The third-order valence-corrected chi connectivity index (χ3v) is 4.87. The normalized spacial score (nSPS) is 21.2. The summed E-state index contributed by atoms with van der Waals surface area (Å²) in [5, 5.41) is 3.65. The largest absolute Gasteiger partial charge is 0.314 e. The molecule has 1 atom stereocenters. The third kappa shape index (κ3) is 5.62. The van der Waals surface area contributed by atoms with Gasteiger partial charge in [-0.25, -0.2) is 0 Å². The summed E-state index contributed by atoms with van der Waals surface area (Å²) in [5.74, 6) is 2.66. The van der Waals surface area contributed by atoms with Crippen LogP contribution in [0.15, 0.2) is 0 Å². The summed E-state index contributed by atoms with van der Waals surface area (Å²) in [7, 11) is 0. The Hall–Kier alpha value is 0.270. The van der Waals surface area contributed by atoms with Crippen molar-refractivity contribution in [1.82, 2.24) is 10.2 Å². The fourth-order valence-corrected chi connectivity index (χ4v) is 3.23. The summed E-state index contributed by atoms with van der Waals surface area (Å²) in [6.45, 7) is 14.3. The van der Waals surface area contributed by atoms with E-state index < -0.39 is 0 Å². The molecule has 0 radical (unpaired) electrons. The number of hydrogen-bond donors (Lipinski definition) is 1.